The van der Waals surface area contributed by atoms with Crippen LogP contribution in [0, 0.1) is 0 Å². The Labute approximate surface area is 162 Å². The van der Waals surface area contributed by atoms with Crippen LogP contribution in [0.1, 0.15) is 37.4 Å². The predicted molar refractivity (Wildman–Crippen MR) is 113 cm³/mol. The highest BCUT2D eigenvalue weighted by atomic mass is 16.5. The van der Waals surface area contributed by atoms with E-state index < -0.39 is 0 Å². The van der Waals surface area contributed by atoms with Gasteiger partial charge in [0, 0.05) is 45.4 Å². The molecule has 5 nitrogen and oxygen atoms in total. The van der Waals surface area contributed by atoms with Gasteiger partial charge < -0.3 is 20.3 Å². The second kappa shape index (κ2) is 7.91. The smallest absolute Gasteiger partial charge is 0.191 e. The lowest BCUT2D eigenvalue weighted by molar-refractivity contribution is 0.0694. The molecule has 0 aliphatic carbocycles. The molecule has 1 aliphatic rings. The molecular weight excluding hydrogens is 336 g/mol. The highest BCUT2D eigenvalue weighted by Gasteiger charge is 2.33. The number of anilines is 1. The van der Waals surface area contributed by atoms with E-state index in [2.05, 4.69) is 84.9 Å². The van der Waals surface area contributed by atoms with E-state index >= 15 is 0 Å². The zero-order valence-electron chi connectivity index (χ0n) is 16.9. The Bertz CT molecular complexity index is 813. The molecule has 0 spiro atoms. The fourth-order valence-electron chi connectivity index (χ4n) is 3.42. The van der Waals surface area contributed by atoms with Crippen molar-refractivity contribution in [3.05, 3.63) is 59.7 Å². The number of benzene rings is 2. The summed E-state index contributed by atoms with van der Waals surface area (Å²) in [4.78, 5) is 6.53. The number of rotatable bonds is 4. The van der Waals surface area contributed by atoms with Gasteiger partial charge in [-0.25, -0.2) is 0 Å². The summed E-state index contributed by atoms with van der Waals surface area (Å²) in [5.41, 5.74) is 3.37. The number of guanidine groups is 1. The van der Waals surface area contributed by atoms with Gasteiger partial charge >= 0.3 is 0 Å². The Morgan fingerprint density at radius 3 is 2.70 bits per heavy atom. The second-order valence-corrected chi connectivity index (χ2v) is 7.79. The lowest BCUT2D eigenvalue weighted by Crippen LogP contribution is -2.45. The summed E-state index contributed by atoms with van der Waals surface area (Å²) in [7, 11) is 5.91. The molecule has 0 fully saturated rings. The molecule has 3 rings (SSSR count). The highest BCUT2D eigenvalue weighted by molar-refractivity contribution is 5.80. The maximum atomic E-state index is 6.12. The molecule has 2 aromatic rings. The Morgan fingerprint density at radius 2 is 1.96 bits per heavy atom. The average molecular weight is 367 g/mol. The first-order valence-electron chi connectivity index (χ1n) is 9.39. The molecule has 0 radical (unpaired) electrons. The van der Waals surface area contributed by atoms with Crippen LogP contribution < -0.4 is 20.3 Å². The van der Waals surface area contributed by atoms with Crippen LogP contribution in [0.2, 0.25) is 0 Å². The Morgan fingerprint density at radius 1 is 1.19 bits per heavy atom. The van der Waals surface area contributed by atoms with Crippen molar-refractivity contribution in [2.24, 2.45) is 4.99 Å². The molecule has 0 amide bonds. The molecule has 5 heteroatoms. The predicted octanol–water partition coefficient (Wildman–Crippen LogP) is 3.72. The maximum absolute atomic E-state index is 6.12. The molecule has 0 saturated carbocycles. The maximum Gasteiger partial charge on any atom is 0.191 e. The number of nitrogens with zero attached hydrogens (tertiary/aromatic N) is 2. The van der Waals surface area contributed by atoms with Crippen molar-refractivity contribution in [2.75, 3.05) is 26.0 Å². The first kappa shape index (κ1) is 19.1. The lowest BCUT2D eigenvalue weighted by atomic mass is 9.90. The van der Waals surface area contributed by atoms with Gasteiger partial charge in [-0.2, -0.15) is 0 Å². The number of hydrogen-bond acceptors (Lipinski definition) is 3. The lowest BCUT2D eigenvalue weighted by Gasteiger charge is -2.38. The zero-order valence-corrected chi connectivity index (χ0v) is 16.9. The van der Waals surface area contributed by atoms with Crippen LogP contribution in [0.3, 0.4) is 0 Å². The molecule has 1 aliphatic heterocycles. The van der Waals surface area contributed by atoms with E-state index in [1.165, 1.54) is 16.8 Å². The fraction of sp³-hybridized carbons (Fsp3) is 0.409. The molecule has 27 heavy (non-hydrogen) atoms. The van der Waals surface area contributed by atoms with Gasteiger partial charge in [0.2, 0.25) is 0 Å². The number of ether oxygens (including phenoxy) is 1. The Balaban J connectivity index is 1.70. The molecule has 2 N–H and O–H groups in total. The Hall–Kier alpha value is -2.69. The quantitative estimate of drug-likeness (QED) is 0.640. The fourth-order valence-corrected chi connectivity index (χ4v) is 3.42. The number of fused-ring (bicyclic) bond motifs is 1. The van der Waals surface area contributed by atoms with E-state index in [9.17, 15) is 0 Å². The minimum Gasteiger partial charge on any atom is -0.487 e. The van der Waals surface area contributed by atoms with E-state index in [-0.39, 0.29) is 11.6 Å². The number of nitrogens with one attached hydrogen (secondary N) is 2. The summed E-state index contributed by atoms with van der Waals surface area (Å²) < 4.78 is 6.12. The normalized spacial score (nSPS) is 18.3. The summed E-state index contributed by atoms with van der Waals surface area (Å²) in [6.45, 7) is 4.97. The van der Waals surface area contributed by atoms with Crippen LogP contribution in [-0.2, 0) is 6.54 Å². The van der Waals surface area contributed by atoms with Crippen LogP contribution in [-0.4, -0.2) is 32.7 Å². The summed E-state index contributed by atoms with van der Waals surface area (Å²) in [6, 6.07) is 16.9. The van der Waals surface area contributed by atoms with Gasteiger partial charge in [0.1, 0.15) is 11.4 Å². The van der Waals surface area contributed by atoms with Gasteiger partial charge in [0.25, 0.3) is 0 Å². The van der Waals surface area contributed by atoms with Gasteiger partial charge in [-0.15, -0.1) is 0 Å². The molecule has 0 saturated heterocycles. The SMILES string of the molecule is CN=C(NCc1cccc(N(C)C)c1)NC1CC(C)(C)Oc2ccccc21. The third-order valence-electron chi connectivity index (χ3n) is 4.80. The van der Waals surface area contributed by atoms with Crippen LogP contribution in [0.5, 0.6) is 5.75 Å². The molecular formula is C22H30N4O. The largest absolute Gasteiger partial charge is 0.487 e. The van der Waals surface area contributed by atoms with Crippen LogP contribution in [0.4, 0.5) is 5.69 Å². The molecule has 144 valence electrons. The Kier molecular flexibility index (Phi) is 5.59. The number of hydrogen-bond donors (Lipinski definition) is 2. The first-order chi connectivity index (χ1) is 12.9. The van der Waals surface area contributed by atoms with Crippen molar-refractivity contribution in [3.8, 4) is 5.75 Å². The zero-order chi connectivity index (χ0) is 19.4. The minimum atomic E-state index is -0.217. The standard InChI is InChI=1S/C22H30N4O/c1-22(2)14-19(18-11-6-7-12-20(18)27-22)25-21(23-3)24-15-16-9-8-10-17(13-16)26(4)5/h6-13,19H,14-15H2,1-5H3,(H2,23,24,25). The minimum absolute atomic E-state index is 0.157. The second-order valence-electron chi connectivity index (χ2n) is 7.79. The van der Waals surface area contributed by atoms with Gasteiger partial charge in [-0.1, -0.05) is 30.3 Å². The van der Waals surface area contributed by atoms with Crippen LogP contribution in [0.25, 0.3) is 0 Å². The first-order valence-corrected chi connectivity index (χ1v) is 9.39. The van der Waals surface area contributed by atoms with Crippen molar-refractivity contribution in [1.29, 1.82) is 0 Å². The summed E-state index contributed by atoms with van der Waals surface area (Å²) in [5.74, 6) is 1.74. The third kappa shape index (κ3) is 4.73. The van der Waals surface area contributed by atoms with Crippen molar-refractivity contribution in [1.82, 2.24) is 10.6 Å². The van der Waals surface area contributed by atoms with Gasteiger partial charge in [-0.05, 0) is 37.6 Å². The van der Waals surface area contributed by atoms with Crippen LogP contribution in [0.15, 0.2) is 53.5 Å². The van der Waals surface area contributed by atoms with E-state index in [0.717, 1.165) is 24.7 Å². The van der Waals surface area contributed by atoms with E-state index in [4.69, 9.17) is 4.74 Å². The van der Waals surface area contributed by atoms with Crippen molar-refractivity contribution < 1.29 is 4.74 Å². The molecule has 0 bridgehead atoms. The molecule has 1 heterocycles. The molecule has 1 atom stereocenters. The van der Waals surface area contributed by atoms with Crippen molar-refractivity contribution in [2.45, 2.75) is 38.5 Å². The average Bonchev–Trinajstić information content (AvgIpc) is 2.64. The topological polar surface area (TPSA) is 48.9 Å². The highest BCUT2D eigenvalue weighted by Crippen LogP contribution is 2.39. The third-order valence-corrected chi connectivity index (χ3v) is 4.80. The number of aliphatic imine (C=N–C) groups is 1. The van der Waals surface area contributed by atoms with E-state index in [1.807, 2.05) is 19.2 Å². The monoisotopic (exact) mass is 366 g/mol. The van der Waals surface area contributed by atoms with Crippen LogP contribution >= 0.6 is 0 Å². The van der Waals surface area contributed by atoms with Crippen molar-refractivity contribution in [3.63, 3.8) is 0 Å². The van der Waals surface area contributed by atoms with Gasteiger partial charge in [-0.3, -0.25) is 4.99 Å². The van der Waals surface area contributed by atoms with Crippen molar-refractivity contribution >= 4 is 11.6 Å². The molecule has 2 aromatic carbocycles. The number of para-hydroxylation sites is 1. The molecule has 1 unspecified atom stereocenters. The van der Waals surface area contributed by atoms with E-state index in [1.54, 1.807) is 0 Å². The molecule has 0 aromatic heterocycles. The summed E-state index contributed by atoms with van der Waals surface area (Å²) in [6.07, 6.45) is 0.876. The summed E-state index contributed by atoms with van der Waals surface area (Å²) >= 11 is 0. The van der Waals surface area contributed by atoms with Gasteiger partial charge in [0.15, 0.2) is 5.96 Å². The van der Waals surface area contributed by atoms with Gasteiger partial charge in [0.05, 0.1) is 6.04 Å². The van der Waals surface area contributed by atoms with E-state index in [0.29, 0.717) is 0 Å². The summed E-state index contributed by atoms with van der Waals surface area (Å²) in [5, 5.41) is 7.01.